The molecular formula is C30H38N6O2. The summed E-state index contributed by atoms with van der Waals surface area (Å²) in [4.78, 5) is 28.7. The maximum Gasteiger partial charge on any atom is 0.319 e. The van der Waals surface area contributed by atoms with E-state index in [1.165, 1.54) is 17.5 Å². The first kappa shape index (κ1) is 25.3. The molecule has 2 aliphatic heterocycles. The van der Waals surface area contributed by atoms with Crippen molar-refractivity contribution >= 4 is 11.6 Å². The van der Waals surface area contributed by atoms with Crippen molar-refractivity contribution in [2.24, 2.45) is 5.41 Å². The Kier molecular flexibility index (Phi) is 6.83. The van der Waals surface area contributed by atoms with Crippen LogP contribution < -0.4 is 15.0 Å². The molecule has 2 aromatic rings. The molecule has 200 valence electrons. The number of carbonyl (C=O) groups is 1. The second-order valence-electron chi connectivity index (χ2n) is 11.8. The Hall–Kier alpha value is -3.02. The summed E-state index contributed by atoms with van der Waals surface area (Å²) in [7, 11) is 2.13. The van der Waals surface area contributed by atoms with Crippen LogP contribution in [0, 0.1) is 16.7 Å². The SMILES string of the molecule is CC1CC2(CCc3c(nc(OC[C@@H]4CCCN4C)nc3N3CCN[C@@H](CC#N)C3)C2=O)Cc2ccccc21. The van der Waals surface area contributed by atoms with Crippen LogP contribution in [0.2, 0.25) is 0 Å². The van der Waals surface area contributed by atoms with Crippen LogP contribution in [-0.4, -0.2) is 72.6 Å². The van der Waals surface area contributed by atoms with Crippen LogP contribution in [0.15, 0.2) is 24.3 Å². The van der Waals surface area contributed by atoms with E-state index in [1.807, 2.05) is 0 Å². The van der Waals surface area contributed by atoms with E-state index >= 15 is 0 Å². The van der Waals surface area contributed by atoms with E-state index in [-0.39, 0.29) is 11.8 Å². The van der Waals surface area contributed by atoms with E-state index in [9.17, 15) is 10.1 Å². The van der Waals surface area contributed by atoms with E-state index < -0.39 is 5.41 Å². The quantitative estimate of drug-likeness (QED) is 0.648. The fourth-order valence-electron chi connectivity index (χ4n) is 7.22. The van der Waals surface area contributed by atoms with Crippen LogP contribution in [0.3, 0.4) is 0 Å². The smallest absolute Gasteiger partial charge is 0.319 e. The molecule has 8 nitrogen and oxygen atoms in total. The van der Waals surface area contributed by atoms with Gasteiger partial charge in [0.25, 0.3) is 0 Å². The number of piperazine rings is 1. The highest BCUT2D eigenvalue weighted by Crippen LogP contribution is 2.50. The number of nitrogens with one attached hydrogen (secondary N) is 1. The van der Waals surface area contributed by atoms with Gasteiger partial charge in [0, 0.05) is 42.7 Å². The molecule has 2 fully saturated rings. The number of ketones is 1. The highest BCUT2D eigenvalue weighted by atomic mass is 16.5. The maximum absolute atomic E-state index is 14.4. The second-order valence-corrected chi connectivity index (χ2v) is 11.8. The summed E-state index contributed by atoms with van der Waals surface area (Å²) in [5, 5.41) is 12.7. The van der Waals surface area contributed by atoms with E-state index in [4.69, 9.17) is 14.7 Å². The summed E-state index contributed by atoms with van der Waals surface area (Å²) in [5.74, 6) is 1.30. The monoisotopic (exact) mass is 514 g/mol. The largest absolute Gasteiger partial charge is 0.462 e. The Morgan fingerprint density at radius 3 is 2.95 bits per heavy atom. The molecule has 0 saturated carbocycles. The van der Waals surface area contributed by atoms with Gasteiger partial charge in [0.1, 0.15) is 18.1 Å². The van der Waals surface area contributed by atoms with Crippen LogP contribution in [0.4, 0.5) is 5.82 Å². The molecule has 1 aromatic carbocycles. The topological polar surface area (TPSA) is 94.4 Å². The summed E-state index contributed by atoms with van der Waals surface area (Å²) in [6.45, 7) is 6.09. The lowest BCUT2D eigenvalue weighted by molar-refractivity contribution is 0.0698. The number of anilines is 1. The van der Waals surface area contributed by atoms with Gasteiger partial charge >= 0.3 is 6.01 Å². The van der Waals surface area contributed by atoms with Gasteiger partial charge in [-0.05, 0) is 69.2 Å². The summed E-state index contributed by atoms with van der Waals surface area (Å²) < 4.78 is 6.22. The van der Waals surface area contributed by atoms with Crippen molar-refractivity contribution in [3.05, 3.63) is 46.6 Å². The van der Waals surface area contributed by atoms with Crippen molar-refractivity contribution in [1.82, 2.24) is 20.2 Å². The Morgan fingerprint density at radius 2 is 2.13 bits per heavy atom. The fraction of sp³-hybridized carbons (Fsp3) is 0.600. The van der Waals surface area contributed by atoms with E-state index in [0.29, 0.717) is 43.2 Å². The molecule has 38 heavy (non-hydrogen) atoms. The van der Waals surface area contributed by atoms with Gasteiger partial charge in [-0.1, -0.05) is 31.2 Å². The number of ether oxygens (including phenoxy) is 1. The minimum Gasteiger partial charge on any atom is -0.462 e. The van der Waals surface area contributed by atoms with Crippen molar-refractivity contribution < 1.29 is 9.53 Å². The number of aromatic nitrogens is 2. The van der Waals surface area contributed by atoms with Crippen molar-refractivity contribution in [2.75, 3.05) is 44.7 Å². The number of likely N-dealkylation sites (tertiary alicyclic amines) is 1. The summed E-state index contributed by atoms with van der Waals surface area (Å²) >= 11 is 0. The average molecular weight is 515 g/mol. The predicted molar refractivity (Wildman–Crippen MR) is 146 cm³/mol. The molecule has 8 heteroatoms. The van der Waals surface area contributed by atoms with Crippen LogP contribution >= 0.6 is 0 Å². The molecule has 1 spiro atoms. The number of rotatable bonds is 5. The lowest BCUT2D eigenvalue weighted by Gasteiger charge is -2.43. The van der Waals surface area contributed by atoms with Gasteiger partial charge in [0.2, 0.25) is 0 Å². The Morgan fingerprint density at radius 1 is 1.26 bits per heavy atom. The predicted octanol–water partition coefficient (Wildman–Crippen LogP) is 3.51. The molecule has 1 N–H and O–H groups in total. The second kappa shape index (κ2) is 10.3. The number of hydrogen-bond acceptors (Lipinski definition) is 8. The molecule has 0 bridgehead atoms. The number of nitrogens with zero attached hydrogens (tertiary/aromatic N) is 5. The molecule has 2 aliphatic carbocycles. The number of likely N-dealkylation sites (N-methyl/N-ethyl adjacent to an activating group) is 1. The maximum atomic E-state index is 14.4. The number of benzene rings is 1. The van der Waals surface area contributed by atoms with Crippen molar-refractivity contribution in [2.45, 2.75) is 69.9 Å². The summed E-state index contributed by atoms with van der Waals surface area (Å²) in [6, 6.07) is 11.6. The van der Waals surface area contributed by atoms with Crippen LogP contribution in [0.5, 0.6) is 6.01 Å². The fourth-order valence-corrected chi connectivity index (χ4v) is 7.22. The molecule has 1 aromatic heterocycles. The minimum atomic E-state index is -0.428. The van der Waals surface area contributed by atoms with Gasteiger partial charge in [-0.15, -0.1) is 0 Å². The van der Waals surface area contributed by atoms with Gasteiger partial charge in [-0.25, -0.2) is 0 Å². The number of fused-ring (bicyclic) bond motifs is 2. The number of carbonyl (C=O) groups excluding carboxylic acids is 1. The lowest BCUT2D eigenvalue weighted by Crippen LogP contribution is -2.51. The van der Waals surface area contributed by atoms with Gasteiger partial charge < -0.3 is 19.9 Å². The summed E-state index contributed by atoms with van der Waals surface area (Å²) in [5.41, 5.74) is 3.74. The van der Waals surface area contributed by atoms with Crippen molar-refractivity contribution in [3.63, 3.8) is 0 Å². The zero-order chi connectivity index (χ0) is 26.3. The highest BCUT2D eigenvalue weighted by Gasteiger charge is 2.48. The van der Waals surface area contributed by atoms with Crippen molar-refractivity contribution in [3.8, 4) is 12.1 Å². The zero-order valence-electron chi connectivity index (χ0n) is 22.6. The molecule has 2 unspecified atom stereocenters. The molecule has 4 atom stereocenters. The Bertz CT molecular complexity index is 1260. The van der Waals surface area contributed by atoms with Crippen LogP contribution in [0.1, 0.15) is 72.1 Å². The first-order valence-electron chi connectivity index (χ1n) is 14.2. The van der Waals surface area contributed by atoms with Gasteiger partial charge in [-0.3, -0.25) is 4.79 Å². The average Bonchev–Trinajstić information content (AvgIpc) is 3.34. The molecule has 3 heterocycles. The molecule has 2 saturated heterocycles. The van der Waals surface area contributed by atoms with E-state index in [0.717, 1.165) is 63.1 Å². The van der Waals surface area contributed by atoms with Crippen LogP contribution in [0.25, 0.3) is 0 Å². The highest BCUT2D eigenvalue weighted by molar-refractivity contribution is 6.02. The van der Waals surface area contributed by atoms with Gasteiger partial charge in [-0.2, -0.15) is 15.2 Å². The van der Waals surface area contributed by atoms with E-state index in [1.54, 1.807) is 0 Å². The van der Waals surface area contributed by atoms with Gasteiger partial charge in [0.15, 0.2) is 5.78 Å². The standard InChI is InChI=1S/C30H38N6O2/c1-20-16-30(17-21-6-3-4-8-24(20)21)11-9-25-26(27(30)37)33-29(38-19-23-7-5-14-35(23)2)34-28(25)36-15-13-32-22(18-36)10-12-31/h3-4,6,8,20,22-23,32H,5,7,9-11,13-19H2,1-2H3/t20?,22-,23-,30?/m0/s1. The molecule has 0 radical (unpaired) electrons. The van der Waals surface area contributed by atoms with Gasteiger partial charge in [0.05, 0.1) is 12.5 Å². The van der Waals surface area contributed by atoms with E-state index in [2.05, 4.69) is 59.4 Å². The minimum absolute atomic E-state index is 0.0807. The first-order chi connectivity index (χ1) is 18.5. The Balaban J connectivity index is 1.35. The number of Topliss-reactive ketones (excluding diaryl/α,β-unsaturated/α-hetero) is 1. The van der Waals surface area contributed by atoms with Crippen LogP contribution in [-0.2, 0) is 12.8 Å². The third kappa shape index (κ3) is 4.56. The first-order valence-corrected chi connectivity index (χ1v) is 14.2. The molecule has 0 amide bonds. The number of hydrogen-bond donors (Lipinski definition) is 1. The third-order valence-corrected chi connectivity index (χ3v) is 9.30. The van der Waals surface area contributed by atoms with Crippen molar-refractivity contribution in [1.29, 1.82) is 5.26 Å². The molecular weight excluding hydrogens is 476 g/mol. The normalized spacial score (nSPS) is 29.1. The molecule has 4 aliphatic rings. The Labute approximate surface area is 225 Å². The zero-order valence-corrected chi connectivity index (χ0v) is 22.6. The molecule has 6 rings (SSSR count). The third-order valence-electron chi connectivity index (χ3n) is 9.30. The summed E-state index contributed by atoms with van der Waals surface area (Å²) in [6.07, 6.45) is 5.93. The lowest BCUT2D eigenvalue weighted by atomic mass is 9.60. The number of nitriles is 1.